The molecule has 0 aliphatic carbocycles. The highest BCUT2D eigenvalue weighted by Crippen LogP contribution is 2.24. The van der Waals surface area contributed by atoms with Crippen LogP contribution < -0.4 is 20.7 Å². The van der Waals surface area contributed by atoms with Crippen molar-refractivity contribution in [1.29, 1.82) is 0 Å². The van der Waals surface area contributed by atoms with E-state index in [9.17, 15) is 0 Å². The molecule has 1 atom stereocenters. The number of hydrogen-bond donors (Lipinski definition) is 0. The van der Waals surface area contributed by atoms with Crippen molar-refractivity contribution in [2.45, 2.75) is 6.55 Å². The van der Waals surface area contributed by atoms with Gasteiger partial charge in [0.05, 0.1) is 0 Å². The Kier molecular flexibility index (Phi) is 7.98. The summed E-state index contributed by atoms with van der Waals surface area (Å²) < 4.78 is 15.0. The van der Waals surface area contributed by atoms with E-state index >= 15 is 0 Å². The Hall–Kier alpha value is -3.33. The molecule has 0 saturated heterocycles. The van der Waals surface area contributed by atoms with Gasteiger partial charge in [0.1, 0.15) is 0 Å². The van der Waals surface area contributed by atoms with Gasteiger partial charge < -0.3 is 8.23 Å². The van der Waals surface area contributed by atoms with Crippen molar-refractivity contribution in [1.82, 2.24) is 0 Å². The van der Waals surface area contributed by atoms with Gasteiger partial charge in [-0.1, -0.05) is 138 Å². The molecule has 0 bridgehead atoms. The van der Waals surface area contributed by atoms with Crippen molar-refractivity contribution < 1.29 is 8.23 Å². The molecule has 180 valence electrons. The lowest BCUT2D eigenvalue weighted by Gasteiger charge is -2.43. The Balaban J connectivity index is 2.01. The van der Waals surface area contributed by atoms with E-state index in [0.717, 1.165) is 20.7 Å². The predicted octanol–water partition coefficient (Wildman–Crippen LogP) is 4.79. The van der Waals surface area contributed by atoms with E-state index in [1.165, 1.54) is 0 Å². The minimum atomic E-state index is -3.34. The average molecular weight is 521 g/mol. The molecule has 1 unspecified atom stereocenters. The van der Waals surface area contributed by atoms with E-state index in [1.54, 1.807) is 0 Å². The molecular weight excluding hydrogens is 489 g/mol. The molecule has 0 saturated carbocycles. The standard InChI is InChI=1S/C31H32O2Si3/c1-5-34(4,28-20-12-8-13-21-28)32-36(30-24-16-10-17-25-30,31-26-18-11-19-27-31)33-35(6-2,7-3)29-22-14-9-15-23-29/h5-27H,1-3H2,4H3. The van der Waals surface area contributed by atoms with Crippen LogP contribution in [-0.2, 0) is 8.23 Å². The van der Waals surface area contributed by atoms with E-state index in [-0.39, 0.29) is 0 Å². The van der Waals surface area contributed by atoms with Crippen LogP contribution in [0.4, 0.5) is 0 Å². The number of benzene rings is 4. The molecule has 0 radical (unpaired) electrons. The van der Waals surface area contributed by atoms with Gasteiger partial charge in [-0.3, -0.25) is 0 Å². The first-order chi connectivity index (χ1) is 17.5. The summed E-state index contributed by atoms with van der Waals surface area (Å²) in [6.45, 7) is 14.9. The molecule has 0 spiro atoms. The molecule has 4 aromatic rings. The fourth-order valence-electron chi connectivity index (χ4n) is 4.42. The van der Waals surface area contributed by atoms with Crippen molar-refractivity contribution in [3.05, 3.63) is 158 Å². The van der Waals surface area contributed by atoms with Crippen molar-refractivity contribution in [2.75, 3.05) is 0 Å². The minimum absolute atomic E-state index is 1.05. The Bertz CT molecular complexity index is 1250. The Labute approximate surface area is 218 Å². The monoisotopic (exact) mass is 520 g/mol. The second kappa shape index (κ2) is 11.2. The molecule has 0 aromatic heterocycles. The van der Waals surface area contributed by atoms with Crippen LogP contribution in [0.3, 0.4) is 0 Å². The van der Waals surface area contributed by atoms with E-state index in [1.807, 2.05) is 53.5 Å². The molecule has 0 N–H and O–H groups in total. The van der Waals surface area contributed by atoms with E-state index in [2.05, 4.69) is 111 Å². The van der Waals surface area contributed by atoms with Gasteiger partial charge in [0.25, 0.3) is 8.32 Å². The summed E-state index contributed by atoms with van der Waals surface area (Å²) in [6.07, 6.45) is 0. The lowest BCUT2D eigenvalue weighted by atomic mass is 10.4. The minimum Gasteiger partial charge on any atom is -0.422 e. The summed E-state index contributed by atoms with van der Waals surface area (Å²) in [4.78, 5) is 0. The van der Waals surface area contributed by atoms with Crippen LogP contribution in [0, 0.1) is 0 Å². The molecule has 0 aliphatic rings. The van der Waals surface area contributed by atoms with E-state index in [4.69, 9.17) is 8.23 Å². The highest BCUT2D eigenvalue weighted by atomic mass is 28.5. The van der Waals surface area contributed by atoms with Gasteiger partial charge in [0.15, 0.2) is 0 Å². The van der Waals surface area contributed by atoms with Gasteiger partial charge in [0, 0.05) is 0 Å². The van der Waals surface area contributed by atoms with Crippen LogP contribution in [0.2, 0.25) is 6.55 Å². The maximum absolute atomic E-state index is 7.51. The first-order valence-corrected chi connectivity index (χ1v) is 18.4. The first kappa shape index (κ1) is 25.8. The fourth-order valence-corrected chi connectivity index (χ4v) is 17.1. The Morgan fingerprint density at radius 3 is 1.19 bits per heavy atom. The van der Waals surface area contributed by atoms with Crippen LogP contribution in [0.5, 0.6) is 0 Å². The normalized spacial score (nSPS) is 13.4. The number of hydrogen-bond acceptors (Lipinski definition) is 2. The molecule has 4 rings (SSSR count). The van der Waals surface area contributed by atoms with E-state index < -0.39 is 25.2 Å². The highest BCUT2D eigenvalue weighted by Gasteiger charge is 2.53. The van der Waals surface area contributed by atoms with Gasteiger partial charge in [-0.2, -0.15) is 0 Å². The summed E-state index contributed by atoms with van der Waals surface area (Å²) in [6, 6.07) is 41.4. The molecule has 36 heavy (non-hydrogen) atoms. The van der Waals surface area contributed by atoms with Gasteiger partial charge in [-0.15, -0.1) is 19.7 Å². The highest BCUT2D eigenvalue weighted by molar-refractivity contribution is 7.09. The lowest BCUT2D eigenvalue weighted by Crippen LogP contribution is -2.74. The van der Waals surface area contributed by atoms with Crippen molar-refractivity contribution in [2.24, 2.45) is 0 Å². The molecule has 4 aromatic carbocycles. The summed E-state index contributed by atoms with van der Waals surface area (Å²) in [5.74, 6) is 0. The number of rotatable bonds is 11. The molecule has 0 amide bonds. The third kappa shape index (κ3) is 4.97. The second-order valence-corrected chi connectivity index (χ2v) is 19.0. The van der Waals surface area contributed by atoms with Gasteiger partial charge >= 0.3 is 8.56 Å². The first-order valence-electron chi connectivity index (χ1n) is 12.1. The largest absolute Gasteiger partial charge is 0.422 e. The molecule has 0 aliphatic heterocycles. The third-order valence-electron chi connectivity index (χ3n) is 6.54. The molecule has 0 heterocycles. The van der Waals surface area contributed by atoms with Gasteiger partial charge in [0.2, 0.25) is 8.32 Å². The maximum Gasteiger partial charge on any atom is 0.387 e. The average Bonchev–Trinajstić information content (AvgIpc) is 2.97. The van der Waals surface area contributed by atoms with Gasteiger partial charge in [-0.05, 0) is 27.3 Å². The molecular formula is C31H32O2Si3. The van der Waals surface area contributed by atoms with Crippen LogP contribution >= 0.6 is 0 Å². The van der Waals surface area contributed by atoms with Crippen LogP contribution in [0.25, 0.3) is 0 Å². The smallest absolute Gasteiger partial charge is 0.387 e. The topological polar surface area (TPSA) is 18.5 Å². The fraction of sp³-hybridized carbons (Fsp3) is 0.0323. The molecule has 2 nitrogen and oxygen atoms in total. The van der Waals surface area contributed by atoms with Crippen LogP contribution in [-0.4, -0.2) is 25.2 Å². The SMILES string of the molecule is C=C[Si](C)(O[Si](O[Si](C=C)(C=C)c1ccccc1)(c1ccccc1)c1ccccc1)c1ccccc1. The quantitative estimate of drug-likeness (QED) is 0.265. The zero-order chi connectivity index (χ0) is 25.5. The Morgan fingerprint density at radius 1 is 0.472 bits per heavy atom. The summed E-state index contributed by atoms with van der Waals surface area (Å²) in [7, 11) is -8.89. The van der Waals surface area contributed by atoms with Crippen molar-refractivity contribution >= 4 is 45.9 Å². The maximum atomic E-state index is 7.51. The van der Waals surface area contributed by atoms with Crippen LogP contribution in [0.15, 0.2) is 158 Å². The van der Waals surface area contributed by atoms with Gasteiger partial charge in [-0.25, -0.2) is 0 Å². The zero-order valence-corrected chi connectivity index (χ0v) is 23.7. The zero-order valence-electron chi connectivity index (χ0n) is 20.7. The lowest BCUT2D eigenvalue weighted by molar-refractivity contribution is 0.426. The molecule has 5 heteroatoms. The summed E-state index contributed by atoms with van der Waals surface area (Å²) >= 11 is 0. The Morgan fingerprint density at radius 2 is 0.833 bits per heavy atom. The third-order valence-corrected chi connectivity index (χ3v) is 18.8. The molecule has 0 fully saturated rings. The van der Waals surface area contributed by atoms with Crippen molar-refractivity contribution in [3.63, 3.8) is 0 Å². The van der Waals surface area contributed by atoms with Crippen LogP contribution in [0.1, 0.15) is 0 Å². The predicted molar refractivity (Wildman–Crippen MR) is 160 cm³/mol. The van der Waals surface area contributed by atoms with E-state index in [0.29, 0.717) is 0 Å². The second-order valence-electron chi connectivity index (χ2n) is 8.80. The summed E-state index contributed by atoms with van der Waals surface area (Å²) in [5, 5.41) is 4.33. The van der Waals surface area contributed by atoms with Crippen molar-refractivity contribution in [3.8, 4) is 0 Å². The summed E-state index contributed by atoms with van der Waals surface area (Å²) in [5.41, 5.74) is 5.93.